The van der Waals surface area contributed by atoms with E-state index in [1.807, 2.05) is 39.8 Å². The van der Waals surface area contributed by atoms with E-state index in [-0.39, 0.29) is 70.6 Å². The van der Waals surface area contributed by atoms with Crippen molar-refractivity contribution in [3.8, 4) is 0 Å². The fraction of sp³-hybridized carbons (Fsp3) is 0.680. The van der Waals surface area contributed by atoms with Crippen LogP contribution in [0.5, 0.6) is 0 Å². The van der Waals surface area contributed by atoms with Crippen molar-refractivity contribution in [2.45, 2.75) is 115 Å². The monoisotopic (exact) mass is 1100 g/mol. The number of aliphatic carboxylic acids is 1. The highest BCUT2D eigenvalue weighted by Crippen LogP contribution is 2.39. The number of nitrogens with one attached hydrogen (secondary N) is 5. The number of ether oxygens (including phenoxy) is 2. The van der Waals surface area contributed by atoms with Gasteiger partial charge in [0.2, 0.25) is 41.7 Å². The average Bonchev–Trinajstić information content (AvgIpc) is 3.99. The van der Waals surface area contributed by atoms with Gasteiger partial charge in [-0.3, -0.25) is 62.8 Å². The molecule has 6 aliphatic heterocycles. The van der Waals surface area contributed by atoms with E-state index in [9.17, 15) is 56.6 Å². The highest BCUT2D eigenvalue weighted by atomic mass is 27.3. The number of benzene rings is 1. The number of cyclic esters (lactones) is 1. The third-order valence-electron chi connectivity index (χ3n) is 15.3. The number of carbonyl (C=O) groups excluding carboxylic acids is 9. The second-order valence-electron chi connectivity index (χ2n) is 20.7. The summed E-state index contributed by atoms with van der Waals surface area (Å²) in [6, 6.07) is 0.396. The quantitative estimate of drug-likeness (QED) is 0.0599. The van der Waals surface area contributed by atoms with E-state index in [4.69, 9.17) is 17.1 Å². The maximum absolute atomic E-state index is 14.4. The molecule has 77 heavy (non-hydrogen) atoms. The third kappa shape index (κ3) is 16.4. The van der Waals surface area contributed by atoms with Gasteiger partial charge in [0.25, 0.3) is 11.9 Å². The lowest BCUT2D eigenvalue weighted by Crippen LogP contribution is -2.59. The maximum Gasteiger partial charge on any atom is 1.15 e. The molecule has 1 aromatic rings. The summed E-state index contributed by atoms with van der Waals surface area (Å²) in [5.74, 6) is -6.62. The van der Waals surface area contributed by atoms with Gasteiger partial charge in [0, 0.05) is 78.7 Å². The smallest absolute Gasteiger partial charge is 0.558 e. The van der Waals surface area contributed by atoms with Gasteiger partial charge in [-0.25, -0.2) is 4.79 Å². The predicted octanol–water partition coefficient (Wildman–Crippen LogP) is -2.15. The molecule has 25 nitrogen and oxygen atoms in total. The molecule has 422 valence electrons. The number of rotatable bonds is 20. The van der Waals surface area contributed by atoms with Gasteiger partial charge in [0.15, 0.2) is 0 Å². The molecular formula is C50H72AlFN10O15. The number of carbonyl (C=O) groups is 10. The first-order valence-electron chi connectivity index (χ1n) is 26.6. The number of esters is 1. The Morgan fingerprint density at radius 1 is 0.805 bits per heavy atom. The number of halogens is 1. The molecule has 0 radical (unpaired) electrons. The van der Waals surface area contributed by atoms with Crippen LogP contribution >= 0.6 is 0 Å². The summed E-state index contributed by atoms with van der Waals surface area (Å²) in [4.78, 5) is 139. The van der Waals surface area contributed by atoms with Crippen molar-refractivity contribution in [3.05, 3.63) is 29.3 Å². The first-order chi connectivity index (χ1) is 36.9. The Bertz CT molecular complexity index is 2330. The van der Waals surface area contributed by atoms with Crippen molar-refractivity contribution in [2.24, 2.45) is 11.8 Å². The minimum atomic E-state index is -3.90. The lowest BCUT2D eigenvalue weighted by molar-refractivity contribution is -0.160. The fourth-order valence-electron chi connectivity index (χ4n) is 10.8. The lowest BCUT2D eigenvalue weighted by Gasteiger charge is -2.35. The summed E-state index contributed by atoms with van der Waals surface area (Å²) in [5, 5.41) is 23.4. The van der Waals surface area contributed by atoms with E-state index in [0.29, 0.717) is 76.8 Å². The molecule has 6 heterocycles. The Balaban J connectivity index is 0.822. The molecule has 27 heteroatoms. The predicted molar refractivity (Wildman–Crippen MR) is 270 cm³/mol. The number of fused-ring (bicyclic) bond motifs is 3. The molecule has 4 saturated heterocycles. The molecule has 7 rings (SSSR count). The SMILES string of the molecule is CC[C@H](C)[C@H](NC(=O)CCNC(=O)CC[C@H](NC(=O)CN1CCC(CN2CCN3CCN(CC2)CC(=O)[O][Al]([F])[O]C(=O)C3)CC1)C(=O)O)C(=O)N[C@H]1CCc2cccc3c2N(C1=O)[C@H](C(=O)N[C@H]1CC(=O)O[C@H]1OC)C3. The van der Waals surface area contributed by atoms with Crippen molar-refractivity contribution in [3.63, 3.8) is 0 Å². The summed E-state index contributed by atoms with van der Waals surface area (Å²) in [5.41, 5.74) is 2.24. The third-order valence-corrected chi connectivity index (χ3v) is 16.2. The summed E-state index contributed by atoms with van der Waals surface area (Å²) < 4.78 is 33.9. The largest absolute Gasteiger partial charge is 1.15 e. The standard InChI is InChI=1S/C50H74N10O15.Al.FH/c1-4-30(2)44(47(70)53-34-9-8-32-6-5-7-33-24-37(60(45(32)33)48(34)71)46(69)54-36-25-43(68)75-50(36)74-3)55-39(62)12-15-51-38(61)11-10-35(49(72)73)52-40(63)27-56-16-13-31(14-17-56)26-57-18-20-58(28-41(64)65)22-23-59(21-19-57)29-42(66)67;;/h5-7,30-31,34-37,44,50H,4,8-29H2,1-3H3,(H,51,61)(H,52,63)(H,53,70)(H,54,69)(H,55,62)(H,64,65)(H,66,67)(H,72,73);;1H/q;+3;/p-3/t30-,34-,35-,36-,37-,44-,50+;;/m0../s1. The van der Waals surface area contributed by atoms with Gasteiger partial charge in [-0.15, -0.1) is 0 Å². The van der Waals surface area contributed by atoms with E-state index in [0.717, 1.165) is 30.5 Å². The second kappa shape index (κ2) is 27.7. The molecule has 6 aliphatic rings. The number of carboxylic acid groups (broad SMARTS) is 1. The van der Waals surface area contributed by atoms with Gasteiger partial charge < -0.3 is 57.2 Å². The van der Waals surface area contributed by atoms with Crippen LogP contribution in [0.2, 0.25) is 0 Å². The number of methoxy groups -OCH3 is 1. The molecule has 0 spiro atoms. The number of nitrogens with zero attached hydrogens (tertiary/aromatic N) is 5. The zero-order valence-corrected chi connectivity index (χ0v) is 45.1. The van der Waals surface area contributed by atoms with Gasteiger partial charge in [-0.05, 0) is 68.2 Å². The van der Waals surface area contributed by atoms with E-state index in [1.54, 1.807) is 6.92 Å². The molecule has 0 aliphatic carbocycles. The lowest BCUT2D eigenvalue weighted by atomic mass is 9.96. The highest BCUT2D eigenvalue weighted by molar-refractivity contribution is 6.41. The summed E-state index contributed by atoms with van der Waals surface area (Å²) >= 11 is -3.90. The van der Waals surface area contributed by atoms with Crippen molar-refractivity contribution in [1.29, 1.82) is 0 Å². The number of para-hydroxylation sites is 1. The van der Waals surface area contributed by atoms with Gasteiger partial charge >= 0.3 is 27.2 Å². The average molecular weight is 1100 g/mol. The summed E-state index contributed by atoms with van der Waals surface area (Å²) in [6.07, 6.45) is 1.15. The zero-order chi connectivity index (χ0) is 55.3. The zero-order valence-electron chi connectivity index (χ0n) is 44.0. The summed E-state index contributed by atoms with van der Waals surface area (Å²) in [7, 11) is 1.36. The van der Waals surface area contributed by atoms with Crippen LogP contribution in [0.25, 0.3) is 0 Å². The van der Waals surface area contributed by atoms with Crippen LogP contribution in [0, 0.1) is 11.8 Å². The molecular weight excluding hydrogens is 1030 g/mol. The van der Waals surface area contributed by atoms with Gasteiger partial charge in [-0.1, -0.05) is 38.5 Å². The van der Waals surface area contributed by atoms with Crippen LogP contribution in [0.1, 0.15) is 76.3 Å². The van der Waals surface area contributed by atoms with Crippen molar-refractivity contribution in [1.82, 2.24) is 46.2 Å². The number of aryl methyl sites for hydroxylation is 1. The van der Waals surface area contributed by atoms with Crippen LogP contribution in [-0.2, 0) is 77.8 Å². The first-order valence-corrected chi connectivity index (χ1v) is 28.0. The van der Waals surface area contributed by atoms with Crippen LogP contribution in [0.15, 0.2) is 18.2 Å². The fourth-order valence-corrected chi connectivity index (χ4v) is 11.4. The van der Waals surface area contributed by atoms with Crippen molar-refractivity contribution < 1.29 is 73.6 Å². The number of carboxylic acids is 1. The van der Waals surface area contributed by atoms with Crippen LogP contribution in [-0.4, -0.2) is 228 Å². The topological polar surface area (TPSA) is 304 Å². The van der Waals surface area contributed by atoms with E-state index in [1.165, 1.54) is 12.0 Å². The van der Waals surface area contributed by atoms with Gasteiger partial charge in [-0.2, -0.15) is 0 Å². The van der Waals surface area contributed by atoms with E-state index < -0.39 is 111 Å². The number of hydrogen-bond acceptors (Lipinski definition) is 18. The first kappa shape index (κ1) is 58.9. The molecule has 9 atom stereocenters. The molecule has 1 aromatic carbocycles. The van der Waals surface area contributed by atoms with Crippen LogP contribution in [0.3, 0.4) is 0 Å². The maximum atomic E-state index is 14.4. The number of amides is 6. The minimum Gasteiger partial charge on any atom is -0.558 e. The molecule has 0 saturated carbocycles. The Morgan fingerprint density at radius 2 is 1.47 bits per heavy atom. The van der Waals surface area contributed by atoms with Gasteiger partial charge in [0.1, 0.15) is 30.2 Å². The number of anilines is 1. The summed E-state index contributed by atoms with van der Waals surface area (Å²) in [6.45, 7) is 8.66. The van der Waals surface area contributed by atoms with Crippen LogP contribution < -0.4 is 31.5 Å². The molecule has 4 fully saturated rings. The highest BCUT2D eigenvalue weighted by Gasteiger charge is 2.47. The Kier molecular flexibility index (Phi) is 21.1. The Labute approximate surface area is 451 Å². The second-order valence-corrected chi connectivity index (χ2v) is 21.7. The molecule has 2 unspecified atom stereocenters. The minimum absolute atomic E-state index is 0.0305. The Morgan fingerprint density at radius 3 is 2.12 bits per heavy atom. The number of piperidine rings is 1. The normalized spacial score (nSPS) is 25.7. The number of likely N-dealkylation sites (tertiary alicyclic amines) is 1. The van der Waals surface area contributed by atoms with Crippen LogP contribution in [0.4, 0.5) is 9.21 Å². The molecule has 6 N–H and O–H groups in total. The van der Waals surface area contributed by atoms with Crippen molar-refractivity contribution in [2.75, 3.05) is 97.1 Å². The number of hydrogen-bond donors (Lipinski definition) is 6. The van der Waals surface area contributed by atoms with Gasteiger partial charge in [0.05, 0.1) is 31.7 Å². The van der Waals surface area contributed by atoms with Crippen molar-refractivity contribution >= 4 is 80.3 Å². The Hall–Kier alpha value is -5.82. The van der Waals surface area contributed by atoms with E-state index >= 15 is 0 Å². The van der Waals surface area contributed by atoms with E-state index in [2.05, 4.69) is 31.5 Å². The molecule has 0 aromatic heterocycles. The molecule has 6 amide bonds. The molecule has 2 bridgehead atoms.